The predicted octanol–water partition coefficient (Wildman–Crippen LogP) is 3.06. The van der Waals surface area contributed by atoms with Gasteiger partial charge in [0, 0.05) is 28.9 Å². The van der Waals surface area contributed by atoms with E-state index in [-0.39, 0.29) is 0 Å². The summed E-state index contributed by atoms with van der Waals surface area (Å²) in [6.45, 7) is 1.73. The van der Waals surface area contributed by atoms with Crippen molar-refractivity contribution in [2.24, 2.45) is 5.73 Å². The molecule has 1 aromatic rings. The van der Waals surface area contributed by atoms with Crippen molar-refractivity contribution in [1.82, 2.24) is 0 Å². The number of benzene rings is 1. The van der Waals surface area contributed by atoms with Gasteiger partial charge in [-0.15, -0.1) is 0 Å². The van der Waals surface area contributed by atoms with Crippen molar-refractivity contribution >= 4 is 38.8 Å². The van der Waals surface area contributed by atoms with Gasteiger partial charge in [0.15, 0.2) is 0 Å². The highest BCUT2D eigenvalue weighted by atomic mass is 79.9. The van der Waals surface area contributed by atoms with Gasteiger partial charge in [0.2, 0.25) is 0 Å². The molecular formula is C13H17BrN2OS. The average molecular weight is 329 g/mol. The van der Waals surface area contributed by atoms with Gasteiger partial charge in [-0.25, -0.2) is 0 Å². The summed E-state index contributed by atoms with van der Waals surface area (Å²) in [4.78, 5) is 0.407. The van der Waals surface area contributed by atoms with Crippen molar-refractivity contribution < 1.29 is 4.74 Å². The first-order valence-corrected chi connectivity index (χ1v) is 7.32. The van der Waals surface area contributed by atoms with Crippen LogP contribution in [0.4, 0.5) is 5.69 Å². The zero-order chi connectivity index (χ0) is 13.0. The fraction of sp³-hybridized carbons (Fsp3) is 0.462. The van der Waals surface area contributed by atoms with Gasteiger partial charge in [-0.3, -0.25) is 0 Å². The molecule has 1 saturated heterocycles. The number of thiocarbonyl (C=S) groups is 1. The minimum Gasteiger partial charge on any atom is -0.389 e. The molecule has 1 fully saturated rings. The van der Waals surface area contributed by atoms with Crippen LogP contribution in [0.1, 0.15) is 24.8 Å². The summed E-state index contributed by atoms with van der Waals surface area (Å²) < 4.78 is 6.60. The number of hydrogen-bond donors (Lipinski definition) is 2. The number of nitrogens with one attached hydrogen (secondary N) is 1. The summed E-state index contributed by atoms with van der Waals surface area (Å²) in [5.74, 6) is 0. The maximum Gasteiger partial charge on any atom is 0.105 e. The van der Waals surface area contributed by atoms with Crippen LogP contribution in [0.15, 0.2) is 22.7 Å². The Bertz CT molecular complexity index is 433. The van der Waals surface area contributed by atoms with Crippen molar-refractivity contribution in [3.63, 3.8) is 0 Å². The zero-order valence-electron chi connectivity index (χ0n) is 10.1. The Balaban J connectivity index is 1.93. The van der Waals surface area contributed by atoms with Crippen molar-refractivity contribution in [2.75, 3.05) is 18.5 Å². The first-order chi connectivity index (χ1) is 8.66. The maximum atomic E-state index is 5.68. The molecule has 3 N–H and O–H groups in total. The van der Waals surface area contributed by atoms with E-state index in [2.05, 4.69) is 21.2 Å². The van der Waals surface area contributed by atoms with Crippen LogP contribution < -0.4 is 11.1 Å². The maximum absolute atomic E-state index is 5.68. The molecule has 1 aliphatic rings. The molecule has 1 aliphatic heterocycles. The molecule has 0 bridgehead atoms. The molecular weight excluding hydrogens is 312 g/mol. The SMILES string of the molecule is NC(=S)c1ccc(NCC2CCCCO2)cc1Br. The topological polar surface area (TPSA) is 47.3 Å². The summed E-state index contributed by atoms with van der Waals surface area (Å²) in [7, 11) is 0. The van der Waals surface area contributed by atoms with Gasteiger partial charge >= 0.3 is 0 Å². The van der Waals surface area contributed by atoms with Gasteiger partial charge in [0.1, 0.15) is 4.99 Å². The van der Waals surface area contributed by atoms with E-state index in [0.717, 1.165) is 35.3 Å². The van der Waals surface area contributed by atoms with Gasteiger partial charge < -0.3 is 15.8 Å². The van der Waals surface area contributed by atoms with E-state index in [1.807, 2.05) is 18.2 Å². The van der Waals surface area contributed by atoms with Crippen LogP contribution in [-0.2, 0) is 4.74 Å². The molecule has 5 heteroatoms. The van der Waals surface area contributed by atoms with Crippen molar-refractivity contribution in [3.05, 3.63) is 28.2 Å². The van der Waals surface area contributed by atoms with E-state index in [4.69, 9.17) is 22.7 Å². The smallest absolute Gasteiger partial charge is 0.105 e. The van der Waals surface area contributed by atoms with Gasteiger partial charge in [-0.1, -0.05) is 12.2 Å². The Morgan fingerprint density at radius 2 is 2.33 bits per heavy atom. The lowest BCUT2D eigenvalue weighted by atomic mass is 10.1. The van der Waals surface area contributed by atoms with Crippen LogP contribution in [-0.4, -0.2) is 24.2 Å². The largest absolute Gasteiger partial charge is 0.389 e. The Labute approximate surface area is 121 Å². The van der Waals surface area contributed by atoms with E-state index < -0.39 is 0 Å². The first kappa shape index (κ1) is 13.8. The molecule has 1 atom stereocenters. The Morgan fingerprint density at radius 1 is 1.50 bits per heavy atom. The third-order valence-corrected chi connectivity index (χ3v) is 3.92. The number of halogens is 1. The minimum atomic E-state index is 0.327. The fourth-order valence-corrected chi connectivity index (χ4v) is 2.93. The quantitative estimate of drug-likeness (QED) is 0.834. The lowest BCUT2D eigenvalue weighted by Crippen LogP contribution is -2.27. The third-order valence-electron chi connectivity index (χ3n) is 3.04. The number of nitrogens with two attached hydrogens (primary N) is 1. The van der Waals surface area contributed by atoms with Gasteiger partial charge in [-0.05, 0) is 53.4 Å². The summed E-state index contributed by atoms with van der Waals surface area (Å²) in [6.07, 6.45) is 3.91. The highest BCUT2D eigenvalue weighted by Gasteiger charge is 2.13. The van der Waals surface area contributed by atoms with Crippen LogP contribution in [0.3, 0.4) is 0 Å². The first-order valence-electron chi connectivity index (χ1n) is 6.11. The van der Waals surface area contributed by atoms with Crippen LogP contribution in [0, 0.1) is 0 Å². The van der Waals surface area contributed by atoms with Gasteiger partial charge in [0.25, 0.3) is 0 Å². The summed E-state index contributed by atoms with van der Waals surface area (Å²) in [5, 5.41) is 3.38. The van der Waals surface area contributed by atoms with Crippen LogP contribution in [0.25, 0.3) is 0 Å². The molecule has 0 radical (unpaired) electrons. The number of rotatable bonds is 4. The summed E-state index contributed by atoms with van der Waals surface area (Å²) in [5.41, 5.74) is 7.53. The molecule has 1 unspecified atom stereocenters. The zero-order valence-corrected chi connectivity index (χ0v) is 12.5. The van der Waals surface area contributed by atoms with Crippen LogP contribution in [0.2, 0.25) is 0 Å². The van der Waals surface area contributed by atoms with Gasteiger partial charge in [-0.2, -0.15) is 0 Å². The predicted molar refractivity (Wildman–Crippen MR) is 82.1 cm³/mol. The van der Waals surface area contributed by atoms with E-state index in [1.165, 1.54) is 12.8 Å². The molecule has 3 nitrogen and oxygen atoms in total. The molecule has 1 heterocycles. The molecule has 0 amide bonds. The third kappa shape index (κ3) is 3.67. The van der Waals surface area contributed by atoms with Crippen molar-refractivity contribution in [2.45, 2.75) is 25.4 Å². The summed E-state index contributed by atoms with van der Waals surface area (Å²) in [6, 6.07) is 5.91. The second-order valence-electron chi connectivity index (χ2n) is 4.43. The highest BCUT2D eigenvalue weighted by Crippen LogP contribution is 2.22. The second-order valence-corrected chi connectivity index (χ2v) is 5.72. The Kier molecular flexibility index (Phi) is 4.97. The molecule has 98 valence electrons. The number of anilines is 1. The van der Waals surface area contributed by atoms with Crippen molar-refractivity contribution in [1.29, 1.82) is 0 Å². The molecule has 0 saturated carbocycles. The normalized spacial score (nSPS) is 19.5. The molecule has 0 spiro atoms. The molecule has 0 aliphatic carbocycles. The molecule has 2 rings (SSSR count). The lowest BCUT2D eigenvalue weighted by Gasteiger charge is -2.23. The molecule has 0 aromatic heterocycles. The monoisotopic (exact) mass is 328 g/mol. The molecule has 18 heavy (non-hydrogen) atoms. The van der Waals surface area contributed by atoms with E-state index in [1.54, 1.807) is 0 Å². The number of hydrogen-bond acceptors (Lipinski definition) is 3. The van der Waals surface area contributed by atoms with E-state index >= 15 is 0 Å². The van der Waals surface area contributed by atoms with E-state index in [0.29, 0.717) is 11.1 Å². The standard InChI is InChI=1S/C13H17BrN2OS/c14-12-7-9(4-5-11(12)13(15)18)16-8-10-3-1-2-6-17-10/h4-5,7,10,16H,1-3,6,8H2,(H2,15,18). The minimum absolute atomic E-state index is 0.327. The van der Waals surface area contributed by atoms with Crippen LogP contribution in [0.5, 0.6) is 0 Å². The van der Waals surface area contributed by atoms with Crippen molar-refractivity contribution in [3.8, 4) is 0 Å². The lowest BCUT2D eigenvalue weighted by molar-refractivity contribution is 0.0247. The Hall–Kier alpha value is -0.650. The van der Waals surface area contributed by atoms with Gasteiger partial charge in [0.05, 0.1) is 6.10 Å². The second kappa shape index (κ2) is 6.50. The molecule has 1 aromatic carbocycles. The summed E-state index contributed by atoms with van der Waals surface area (Å²) >= 11 is 8.44. The van der Waals surface area contributed by atoms with E-state index in [9.17, 15) is 0 Å². The van der Waals surface area contributed by atoms with Crippen LogP contribution >= 0.6 is 28.1 Å². The number of ether oxygens (including phenoxy) is 1. The average Bonchev–Trinajstić information content (AvgIpc) is 2.37. The fourth-order valence-electron chi connectivity index (χ4n) is 2.02. The Morgan fingerprint density at radius 3 is 2.94 bits per heavy atom. The highest BCUT2D eigenvalue weighted by molar-refractivity contribution is 9.10.